The Hall–Kier alpha value is -1.42. The quantitative estimate of drug-likeness (QED) is 0.920. The van der Waals surface area contributed by atoms with Gasteiger partial charge >= 0.3 is 0 Å². The minimum atomic E-state index is 0.558. The van der Waals surface area contributed by atoms with Gasteiger partial charge in [0.25, 0.3) is 0 Å². The van der Waals surface area contributed by atoms with E-state index in [1.54, 1.807) is 0 Å². The van der Waals surface area contributed by atoms with E-state index in [9.17, 15) is 0 Å². The van der Waals surface area contributed by atoms with Crippen molar-refractivity contribution < 1.29 is 0 Å². The predicted molar refractivity (Wildman–Crippen MR) is 77.4 cm³/mol. The van der Waals surface area contributed by atoms with Crippen LogP contribution in [0, 0.1) is 6.92 Å². The molecule has 4 nitrogen and oxygen atoms in total. The Labute approximate surface area is 114 Å². The molecule has 0 aliphatic carbocycles. The molecule has 3 heterocycles. The van der Waals surface area contributed by atoms with Crippen molar-refractivity contribution in [2.45, 2.75) is 45.6 Å². The molecule has 2 aromatic heterocycles. The molecule has 3 rings (SSSR count). The summed E-state index contributed by atoms with van der Waals surface area (Å²) in [4.78, 5) is 9.46. The molecule has 102 valence electrons. The predicted octanol–water partition coefficient (Wildman–Crippen LogP) is 2.62. The van der Waals surface area contributed by atoms with E-state index in [0.29, 0.717) is 6.04 Å². The lowest BCUT2D eigenvalue weighted by Crippen LogP contribution is -2.30. The first kappa shape index (κ1) is 12.6. The van der Waals surface area contributed by atoms with Gasteiger partial charge in [-0.1, -0.05) is 6.92 Å². The van der Waals surface area contributed by atoms with Crippen molar-refractivity contribution in [2.24, 2.45) is 0 Å². The molecule has 0 amide bonds. The van der Waals surface area contributed by atoms with Crippen LogP contribution in [0.25, 0.3) is 11.2 Å². The third-order valence-electron chi connectivity index (χ3n) is 3.89. The highest BCUT2D eigenvalue weighted by Crippen LogP contribution is 2.26. The Kier molecular flexibility index (Phi) is 3.51. The van der Waals surface area contributed by atoms with Gasteiger partial charge in [0.1, 0.15) is 11.3 Å². The van der Waals surface area contributed by atoms with Gasteiger partial charge in [0.15, 0.2) is 5.65 Å². The molecule has 2 aromatic rings. The van der Waals surface area contributed by atoms with Gasteiger partial charge < -0.3 is 9.88 Å². The molecule has 0 spiro atoms. The van der Waals surface area contributed by atoms with Crippen molar-refractivity contribution in [2.75, 3.05) is 13.1 Å². The van der Waals surface area contributed by atoms with Gasteiger partial charge in [-0.2, -0.15) is 0 Å². The van der Waals surface area contributed by atoms with Crippen LogP contribution in [-0.4, -0.2) is 27.6 Å². The van der Waals surface area contributed by atoms with Crippen LogP contribution in [0.2, 0.25) is 0 Å². The first-order valence-corrected chi connectivity index (χ1v) is 7.33. The maximum atomic E-state index is 4.82. The lowest BCUT2D eigenvalue weighted by atomic mass is 10.1. The Bertz CT molecular complexity index is 567. The summed E-state index contributed by atoms with van der Waals surface area (Å²) in [7, 11) is 0. The van der Waals surface area contributed by atoms with Crippen LogP contribution in [0.4, 0.5) is 0 Å². The minimum absolute atomic E-state index is 0.558. The largest absolute Gasteiger partial charge is 0.317 e. The maximum Gasteiger partial charge on any atom is 0.160 e. The monoisotopic (exact) mass is 258 g/mol. The molecule has 0 unspecified atom stereocenters. The summed E-state index contributed by atoms with van der Waals surface area (Å²) in [6, 6.07) is 2.71. The zero-order chi connectivity index (χ0) is 13.2. The van der Waals surface area contributed by atoms with E-state index in [4.69, 9.17) is 4.98 Å². The molecule has 1 N–H and O–H groups in total. The Morgan fingerprint density at radius 3 is 2.89 bits per heavy atom. The van der Waals surface area contributed by atoms with Crippen LogP contribution in [0.3, 0.4) is 0 Å². The second-order valence-electron chi connectivity index (χ2n) is 5.48. The Balaban J connectivity index is 2.09. The number of pyridine rings is 1. The molecule has 0 saturated carbocycles. The van der Waals surface area contributed by atoms with Gasteiger partial charge in [0, 0.05) is 18.7 Å². The van der Waals surface area contributed by atoms with Crippen molar-refractivity contribution in [3.8, 4) is 0 Å². The van der Waals surface area contributed by atoms with Crippen LogP contribution < -0.4 is 5.32 Å². The number of rotatable bonds is 3. The molecule has 19 heavy (non-hydrogen) atoms. The average Bonchev–Trinajstić information content (AvgIpc) is 2.77. The van der Waals surface area contributed by atoms with Crippen LogP contribution in [0.5, 0.6) is 0 Å². The first-order valence-electron chi connectivity index (χ1n) is 7.33. The molecule has 0 bridgehead atoms. The summed E-state index contributed by atoms with van der Waals surface area (Å²) in [5.74, 6) is 1.21. The van der Waals surface area contributed by atoms with E-state index >= 15 is 0 Å². The number of fused-ring (bicyclic) bond motifs is 1. The Morgan fingerprint density at radius 1 is 1.37 bits per heavy atom. The van der Waals surface area contributed by atoms with Gasteiger partial charge in [-0.05, 0) is 50.9 Å². The van der Waals surface area contributed by atoms with Crippen LogP contribution in [0.1, 0.15) is 43.6 Å². The molecular weight excluding hydrogens is 236 g/mol. The zero-order valence-electron chi connectivity index (χ0n) is 11.8. The molecule has 0 radical (unpaired) electrons. The van der Waals surface area contributed by atoms with Crippen LogP contribution in [0.15, 0.2) is 12.3 Å². The van der Waals surface area contributed by atoms with Crippen molar-refractivity contribution in [3.05, 3.63) is 23.7 Å². The standard InChI is InChI=1S/C15H22N4/c1-3-4-14-18-13-9-11(2)10-17-15(13)19(14)12-5-7-16-8-6-12/h9-10,12,16H,3-8H2,1-2H3. The molecule has 0 aromatic carbocycles. The highest BCUT2D eigenvalue weighted by atomic mass is 15.2. The summed E-state index contributed by atoms with van der Waals surface area (Å²) in [6.07, 6.45) is 6.49. The lowest BCUT2D eigenvalue weighted by Gasteiger charge is -2.25. The van der Waals surface area contributed by atoms with E-state index in [-0.39, 0.29) is 0 Å². The SMILES string of the molecule is CCCc1nc2cc(C)cnc2n1C1CCNCC1. The number of hydrogen-bond donors (Lipinski definition) is 1. The second-order valence-corrected chi connectivity index (χ2v) is 5.48. The second kappa shape index (κ2) is 5.29. The normalized spacial score (nSPS) is 17.2. The van der Waals surface area contributed by atoms with Crippen molar-refractivity contribution in [3.63, 3.8) is 0 Å². The maximum absolute atomic E-state index is 4.82. The van der Waals surface area contributed by atoms with Gasteiger partial charge in [-0.15, -0.1) is 0 Å². The smallest absolute Gasteiger partial charge is 0.160 e. The first-order chi connectivity index (χ1) is 9.29. The van der Waals surface area contributed by atoms with Crippen molar-refractivity contribution in [1.29, 1.82) is 0 Å². The number of hydrogen-bond acceptors (Lipinski definition) is 3. The van der Waals surface area contributed by atoms with E-state index in [1.165, 1.54) is 24.2 Å². The van der Waals surface area contributed by atoms with E-state index < -0.39 is 0 Å². The number of piperidine rings is 1. The topological polar surface area (TPSA) is 42.7 Å². The van der Waals surface area contributed by atoms with E-state index in [0.717, 1.165) is 37.1 Å². The minimum Gasteiger partial charge on any atom is -0.317 e. The number of nitrogens with one attached hydrogen (secondary N) is 1. The zero-order valence-corrected chi connectivity index (χ0v) is 11.8. The van der Waals surface area contributed by atoms with Gasteiger partial charge in [-0.25, -0.2) is 9.97 Å². The van der Waals surface area contributed by atoms with Gasteiger partial charge in [-0.3, -0.25) is 0 Å². The lowest BCUT2D eigenvalue weighted by molar-refractivity contribution is 0.365. The van der Waals surface area contributed by atoms with Gasteiger partial charge in [0.2, 0.25) is 0 Å². The highest BCUT2D eigenvalue weighted by Gasteiger charge is 2.21. The molecule has 1 saturated heterocycles. The molecule has 1 fully saturated rings. The van der Waals surface area contributed by atoms with Crippen LogP contribution >= 0.6 is 0 Å². The van der Waals surface area contributed by atoms with Gasteiger partial charge in [0.05, 0.1) is 0 Å². The van der Waals surface area contributed by atoms with E-state index in [2.05, 4.69) is 34.8 Å². The summed E-state index contributed by atoms with van der Waals surface area (Å²) < 4.78 is 2.40. The fourth-order valence-corrected chi connectivity index (χ4v) is 2.98. The molecule has 4 heteroatoms. The highest BCUT2D eigenvalue weighted by molar-refractivity contribution is 5.72. The van der Waals surface area contributed by atoms with Crippen molar-refractivity contribution >= 4 is 11.2 Å². The molecule has 1 aliphatic rings. The average molecular weight is 258 g/mol. The number of aryl methyl sites for hydroxylation is 2. The van der Waals surface area contributed by atoms with Crippen molar-refractivity contribution in [1.82, 2.24) is 19.9 Å². The Morgan fingerprint density at radius 2 is 2.16 bits per heavy atom. The third kappa shape index (κ3) is 2.37. The van der Waals surface area contributed by atoms with E-state index in [1.807, 2.05) is 6.20 Å². The number of imidazole rings is 1. The number of nitrogens with zero attached hydrogens (tertiary/aromatic N) is 3. The fourth-order valence-electron chi connectivity index (χ4n) is 2.98. The number of aromatic nitrogens is 3. The summed E-state index contributed by atoms with van der Waals surface area (Å²) in [5.41, 5.74) is 3.31. The summed E-state index contributed by atoms with van der Waals surface area (Å²) >= 11 is 0. The third-order valence-corrected chi connectivity index (χ3v) is 3.89. The summed E-state index contributed by atoms with van der Waals surface area (Å²) in [5, 5.41) is 3.43. The fraction of sp³-hybridized carbons (Fsp3) is 0.600. The molecular formula is C15H22N4. The molecule has 1 aliphatic heterocycles. The molecule has 0 atom stereocenters. The summed E-state index contributed by atoms with van der Waals surface area (Å²) in [6.45, 7) is 6.49. The van der Waals surface area contributed by atoms with Crippen LogP contribution in [-0.2, 0) is 6.42 Å².